The molecule has 1 atom stereocenters. The lowest BCUT2D eigenvalue weighted by atomic mass is 9.78. The number of methoxy groups -OCH3 is 1. The summed E-state index contributed by atoms with van der Waals surface area (Å²) in [6.07, 6.45) is 5.09. The molecule has 1 unspecified atom stereocenters. The summed E-state index contributed by atoms with van der Waals surface area (Å²) < 4.78 is 5.04. The van der Waals surface area contributed by atoms with Gasteiger partial charge in [-0.2, -0.15) is 5.10 Å². The van der Waals surface area contributed by atoms with Gasteiger partial charge in [-0.25, -0.2) is 0 Å². The summed E-state index contributed by atoms with van der Waals surface area (Å²) in [6.45, 7) is 3.22. The minimum atomic E-state index is 0.363. The lowest BCUT2D eigenvalue weighted by Gasteiger charge is -2.33. The van der Waals surface area contributed by atoms with E-state index in [2.05, 4.69) is 22.4 Å². The Morgan fingerprint density at radius 3 is 2.71 bits per heavy atom. The van der Waals surface area contributed by atoms with Crippen molar-refractivity contribution in [3.05, 3.63) is 17.8 Å². The van der Waals surface area contributed by atoms with E-state index in [1.165, 1.54) is 19.3 Å². The third-order valence-corrected chi connectivity index (χ3v) is 3.42. The van der Waals surface area contributed by atoms with E-state index in [1.54, 1.807) is 7.11 Å². The highest BCUT2D eigenvalue weighted by molar-refractivity contribution is 5.15. The predicted octanol–water partition coefficient (Wildman–Crippen LogP) is 2.33. The van der Waals surface area contributed by atoms with Crippen molar-refractivity contribution in [2.24, 2.45) is 5.92 Å². The second kappa shape index (κ2) is 5.96. The zero-order chi connectivity index (χ0) is 12.1. The highest BCUT2D eigenvalue weighted by Gasteiger charge is 2.29. The SMILES string of the molecule is CCCNC(c1ccc(OC)nn1)C1CCC1. The van der Waals surface area contributed by atoms with Crippen molar-refractivity contribution in [1.82, 2.24) is 15.5 Å². The molecule has 0 bridgehead atoms. The van der Waals surface area contributed by atoms with Crippen LogP contribution in [0.5, 0.6) is 5.88 Å². The Bertz CT molecular complexity index is 335. The molecule has 1 heterocycles. The Labute approximate surface area is 103 Å². The Morgan fingerprint density at radius 2 is 2.24 bits per heavy atom. The van der Waals surface area contributed by atoms with Crippen LogP contribution in [0, 0.1) is 5.92 Å². The molecule has 1 fully saturated rings. The van der Waals surface area contributed by atoms with Gasteiger partial charge in [0.15, 0.2) is 0 Å². The molecular formula is C13H21N3O. The smallest absolute Gasteiger partial charge is 0.233 e. The monoisotopic (exact) mass is 235 g/mol. The second-order valence-corrected chi connectivity index (χ2v) is 4.62. The summed E-state index contributed by atoms with van der Waals surface area (Å²) >= 11 is 0. The maximum Gasteiger partial charge on any atom is 0.233 e. The number of hydrogen-bond donors (Lipinski definition) is 1. The Balaban J connectivity index is 2.06. The van der Waals surface area contributed by atoms with Crippen LogP contribution < -0.4 is 10.1 Å². The summed E-state index contributed by atoms with van der Waals surface area (Å²) in [6, 6.07) is 4.28. The first-order chi connectivity index (χ1) is 8.35. The van der Waals surface area contributed by atoms with E-state index < -0.39 is 0 Å². The topological polar surface area (TPSA) is 47.0 Å². The first-order valence-corrected chi connectivity index (χ1v) is 6.46. The number of aromatic nitrogens is 2. The average molecular weight is 235 g/mol. The first-order valence-electron chi connectivity index (χ1n) is 6.46. The van der Waals surface area contributed by atoms with E-state index in [-0.39, 0.29) is 0 Å². The molecule has 94 valence electrons. The van der Waals surface area contributed by atoms with Crippen molar-refractivity contribution in [2.45, 2.75) is 38.6 Å². The van der Waals surface area contributed by atoms with Gasteiger partial charge in [-0.3, -0.25) is 0 Å². The zero-order valence-electron chi connectivity index (χ0n) is 10.6. The maximum absolute atomic E-state index is 5.04. The summed E-state index contributed by atoms with van der Waals surface area (Å²) in [5.74, 6) is 1.31. The zero-order valence-corrected chi connectivity index (χ0v) is 10.6. The lowest BCUT2D eigenvalue weighted by molar-refractivity contribution is 0.226. The third kappa shape index (κ3) is 2.94. The van der Waals surface area contributed by atoms with Crippen LogP contribution in [0.25, 0.3) is 0 Å². The van der Waals surface area contributed by atoms with Crippen LogP contribution in [0.15, 0.2) is 12.1 Å². The number of hydrogen-bond acceptors (Lipinski definition) is 4. The quantitative estimate of drug-likeness (QED) is 0.822. The van der Waals surface area contributed by atoms with Gasteiger partial charge in [-0.15, -0.1) is 5.10 Å². The second-order valence-electron chi connectivity index (χ2n) is 4.62. The summed E-state index contributed by atoms with van der Waals surface area (Å²) in [7, 11) is 1.61. The van der Waals surface area contributed by atoms with Crippen molar-refractivity contribution in [3.8, 4) is 5.88 Å². The molecule has 0 radical (unpaired) electrons. The molecule has 4 nitrogen and oxygen atoms in total. The fraction of sp³-hybridized carbons (Fsp3) is 0.692. The van der Waals surface area contributed by atoms with Gasteiger partial charge in [-0.05, 0) is 37.8 Å². The van der Waals surface area contributed by atoms with Gasteiger partial charge in [-0.1, -0.05) is 13.3 Å². The summed E-state index contributed by atoms with van der Waals surface area (Å²) in [5, 5.41) is 11.9. The van der Waals surface area contributed by atoms with E-state index in [4.69, 9.17) is 4.74 Å². The van der Waals surface area contributed by atoms with Crippen molar-refractivity contribution in [3.63, 3.8) is 0 Å². The molecule has 0 spiro atoms. The van der Waals surface area contributed by atoms with Gasteiger partial charge in [0.05, 0.1) is 18.8 Å². The lowest BCUT2D eigenvalue weighted by Crippen LogP contribution is -2.33. The van der Waals surface area contributed by atoms with E-state index in [9.17, 15) is 0 Å². The molecule has 2 rings (SSSR count). The van der Waals surface area contributed by atoms with Gasteiger partial charge in [0, 0.05) is 6.07 Å². The van der Waals surface area contributed by atoms with Gasteiger partial charge in [0.2, 0.25) is 5.88 Å². The molecule has 1 saturated carbocycles. The Kier molecular flexibility index (Phi) is 4.31. The third-order valence-electron chi connectivity index (χ3n) is 3.42. The fourth-order valence-electron chi connectivity index (χ4n) is 2.19. The highest BCUT2D eigenvalue weighted by Crippen LogP contribution is 2.37. The van der Waals surface area contributed by atoms with E-state index >= 15 is 0 Å². The minimum Gasteiger partial charge on any atom is -0.480 e. The molecule has 0 aromatic carbocycles. The van der Waals surface area contributed by atoms with Crippen molar-refractivity contribution >= 4 is 0 Å². The number of rotatable bonds is 6. The minimum absolute atomic E-state index is 0.363. The van der Waals surface area contributed by atoms with Gasteiger partial charge < -0.3 is 10.1 Å². The van der Waals surface area contributed by atoms with Crippen LogP contribution in [0.2, 0.25) is 0 Å². The Morgan fingerprint density at radius 1 is 1.41 bits per heavy atom. The van der Waals surface area contributed by atoms with Crippen LogP contribution in [0.4, 0.5) is 0 Å². The fourth-order valence-corrected chi connectivity index (χ4v) is 2.19. The molecule has 1 aromatic rings. The number of nitrogens with zero attached hydrogens (tertiary/aromatic N) is 2. The summed E-state index contributed by atoms with van der Waals surface area (Å²) in [5.41, 5.74) is 1.05. The normalized spacial score (nSPS) is 17.5. The molecule has 4 heteroatoms. The van der Waals surface area contributed by atoms with Crippen LogP contribution in [0.1, 0.15) is 44.3 Å². The first kappa shape index (κ1) is 12.3. The molecular weight excluding hydrogens is 214 g/mol. The molecule has 0 amide bonds. The molecule has 17 heavy (non-hydrogen) atoms. The van der Waals surface area contributed by atoms with Gasteiger partial charge >= 0.3 is 0 Å². The van der Waals surface area contributed by atoms with E-state index in [0.717, 1.165) is 24.6 Å². The largest absolute Gasteiger partial charge is 0.480 e. The van der Waals surface area contributed by atoms with Crippen molar-refractivity contribution < 1.29 is 4.74 Å². The maximum atomic E-state index is 5.04. The average Bonchev–Trinajstić information content (AvgIpc) is 2.32. The van der Waals surface area contributed by atoms with Crippen LogP contribution in [-0.2, 0) is 0 Å². The van der Waals surface area contributed by atoms with Crippen molar-refractivity contribution in [1.29, 1.82) is 0 Å². The van der Waals surface area contributed by atoms with Crippen LogP contribution >= 0.6 is 0 Å². The van der Waals surface area contributed by atoms with E-state index in [0.29, 0.717) is 11.9 Å². The van der Waals surface area contributed by atoms with Crippen LogP contribution in [0.3, 0.4) is 0 Å². The summed E-state index contributed by atoms with van der Waals surface area (Å²) in [4.78, 5) is 0. The Hall–Kier alpha value is -1.16. The number of ether oxygens (including phenoxy) is 1. The molecule has 0 aliphatic heterocycles. The number of nitrogens with one attached hydrogen (secondary N) is 1. The highest BCUT2D eigenvalue weighted by atomic mass is 16.5. The predicted molar refractivity (Wildman–Crippen MR) is 67.0 cm³/mol. The van der Waals surface area contributed by atoms with E-state index in [1.807, 2.05) is 12.1 Å². The molecule has 1 N–H and O–H groups in total. The molecule has 1 aliphatic rings. The van der Waals surface area contributed by atoms with Gasteiger partial charge in [0.25, 0.3) is 0 Å². The van der Waals surface area contributed by atoms with Gasteiger partial charge in [0.1, 0.15) is 0 Å². The standard InChI is InChI=1S/C13H21N3O/c1-3-9-14-13(10-5-4-6-10)11-7-8-12(17-2)16-15-11/h7-8,10,13-14H,3-6,9H2,1-2H3. The van der Waals surface area contributed by atoms with Crippen molar-refractivity contribution in [2.75, 3.05) is 13.7 Å². The molecule has 1 aliphatic carbocycles. The molecule has 1 aromatic heterocycles. The molecule has 0 saturated heterocycles. The van der Waals surface area contributed by atoms with Crippen LogP contribution in [-0.4, -0.2) is 23.9 Å².